The van der Waals surface area contributed by atoms with E-state index in [1.807, 2.05) is 0 Å². The monoisotopic (exact) mass is 167 g/mol. The Morgan fingerprint density at radius 1 is 1.25 bits per heavy atom. The lowest BCUT2D eigenvalue weighted by molar-refractivity contribution is -0.00533. The second-order valence-corrected chi connectivity index (χ2v) is 3.30. The normalized spacial score (nSPS) is 22.4. The molecule has 1 saturated heterocycles. The molecule has 0 N–H and O–H groups in total. The maximum absolute atomic E-state index is 5.26. The molecular formula is C9H17N3. The second kappa shape index (κ2) is 4.46. The molecular weight excluding hydrogens is 150 g/mol. The molecule has 0 aliphatic carbocycles. The van der Waals surface area contributed by atoms with Gasteiger partial charge in [-0.1, -0.05) is 12.8 Å². The van der Waals surface area contributed by atoms with Crippen LogP contribution in [0.1, 0.15) is 6.92 Å². The van der Waals surface area contributed by atoms with Crippen LogP contribution >= 0.6 is 0 Å². The molecule has 12 heavy (non-hydrogen) atoms. The first-order valence-corrected chi connectivity index (χ1v) is 4.33. The summed E-state index contributed by atoms with van der Waals surface area (Å²) in [5, 5.41) is 0. The molecule has 0 radical (unpaired) electrons. The smallest absolute Gasteiger partial charge is 0.0622 e. The van der Waals surface area contributed by atoms with E-state index >= 15 is 0 Å². The fourth-order valence-corrected chi connectivity index (χ4v) is 1.53. The van der Waals surface area contributed by atoms with E-state index in [-0.39, 0.29) is 0 Å². The largest absolute Gasteiger partial charge is 0.280 e. The minimum absolute atomic E-state index is 0.751. The SMILES string of the molecule is C#CCN1CN(C)CN(CC)C1. The molecule has 0 bridgehead atoms. The molecule has 0 spiro atoms. The van der Waals surface area contributed by atoms with E-state index in [1.54, 1.807) is 0 Å². The molecule has 0 unspecified atom stereocenters. The maximum atomic E-state index is 5.26. The van der Waals surface area contributed by atoms with Crippen molar-refractivity contribution in [2.45, 2.75) is 6.92 Å². The van der Waals surface area contributed by atoms with Crippen LogP contribution in [0.3, 0.4) is 0 Å². The molecule has 0 aromatic carbocycles. The minimum Gasteiger partial charge on any atom is -0.280 e. The molecule has 0 atom stereocenters. The zero-order valence-corrected chi connectivity index (χ0v) is 7.95. The van der Waals surface area contributed by atoms with E-state index in [0.29, 0.717) is 0 Å². The van der Waals surface area contributed by atoms with Crippen molar-refractivity contribution in [1.29, 1.82) is 0 Å². The summed E-state index contributed by atoms with van der Waals surface area (Å²) in [5.74, 6) is 2.68. The first kappa shape index (κ1) is 9.53. The number of rotatable bonds is 2. The highest BCUT2D eigenvalue weighted by Crippen LogP contribution is 2.03. The van der Waals surface area contributed by atoms with E-state index in [2.05, 4.69) is 34.6 Å². The Balaban J connectivity index is 2.40. The average Bonchev–Trinajstić information content (AvgIpc) is 2.04. The molecule has 1 heterocycles. The van der Waals surface area contributed by atoms with Crippen LogP contribution in [0.5, 0.6) is 0 Å². The van der Waals surface area contributed by atoms with Gasteiger partial charge in [0.25, 0.3) is 0 Å². The van der Waals surface area contributed by atoms with Gasteiger partial charge in [-0.3, -0.25) is 14.7 Å². The summed E-state index contributed by atoms with van der Waals surface area (Å²) >= 11 is 0. The Kier molecular flexibility index (Phi) is 3.54. The van der Waals surface area contributed by atoms with Crippen molar-refractivity contribution in [1.82, 2.24) is 14.7 Å². The van der Waals surface area contributed by atoms with E-state index in [9.17, 15) is 0 Å². The van der Waals surface area contributed by atoms with Crippen molar-refractivity contribution >= 4 is 0 Å². The lowest BCUT2D eigenvalue weighted by Gasteiger charge is -2.39. The molecule has 3 nitrogen and oxygen atoms in total. The molecule has 68 valence electrons. The highest BCUT2D eigenvalue weighted by Gasteiger charge is 2.18. The maximum Gasteiger partial charge on any atom is 0.0622 e. The zero-order chi connectivity index (χ0) is 8.97. The summed E-state index contributed by atoms with van der Waals surface area (Å²) in [6, 6.07) is 0. The second-order valence-electron chi connectivity index (χ2n) is 3.30. The summed E-state index contributed by atoms with van der Waals surface area (Å²) < 4.78 is 0. The number of hydrogen-bond acceptors (Lipinski definition) is 3. The highest BCUT2D eigenvalue weighted by molar-refractivity contribution is 4.88. The van der Waals surface area contributed by atoms with E-state index in [1.165, 1.54) is 0 Å². The van der Waals surface area contributed by atoms with Crippen molar-refractivity contribution in [3.05, 3.63) is 0 Å². The Morgan fingerprint density at radius 3 is 2.50 bits per heavy atom. The number of hydrogen-bond donors (Lipinski definition) is 0. The quantitative estimate of drug-likeness (QED) is 0.539. The van der Waals surface area contributed by atoms with Crippen molar-refractivity contribution in [2.75, 3.05) is 40.1 Å². The topological polar surface area (TPSA) is 9.72 Å². The third-order valence-electron chi connectivity index (χ3n) is 2.04. The van der Waals surface area contributed by atoms with Gasteiger partial charge in [0.05, 0.1) is 26.6 Å². The third kappa shape index (κ3) is 2.49. The van der Waals surface area contributed by atoms with Crippen LogP contribution in [0.2, 0.25) is 0 Å². The zero-order valence-electron chi connectivity index (χ0n) is 7.95. The lowest BCUT2D eigenvalue weighted by Crippen LogP contribution is -2.53. The summed E-state index contributed by atoms with van der Waals surface area (Å²) in [4.78, 5) is 6.89. The molecule has 1 rings (SSSR count). The van der Waals surface area contributed by atoms with E-state index in [4.69, 9.17) is 6.42 Å². The third-order valence-corrected chi connectivity index (χ3v) is 2.04. The van der Waals surface area contributed by atoms with Crippen molar-refractivity contribution < 1.29 is 0 Å². The minimum atomic E-state index is 0.751. The van der Waals surface area contributed by atoms with Crippen LogP contribution in [0, 0.1) is 12.3 Å². The van der Waals surface area contributed by atoms with Crippen LogP contribution in [0.4, 0.5) is 0 Å². The summed E-state index contributed by atoms with van der Waals surface area (Å²) in [6.07, 6.45) is 5.26. The Bertz CT molecular complexity index is 173. The molecule has 0 saturated carbocycles. The molecule has 0 amide bonds. The highest BCUT2D eigenvalue weighted by atomic mass is 15.5. The van der Waals surface area contributed by atoms with Gasteiger partial charge in [0.1, 0.15) is 0 Å². The number of nitrogens with zero attached hydrogens (tertiary/aromatic N) is 3. The van der Waals surface area contributed by atoms with Gasteiger partial charge >= 0.3 is 0 Å². The van der Waals surface area contributed by atoms with E-state index < -0.39 is 0 Å². The first-order chi connectivity index (χ1) is 5.76. The first-order valence-electron chi connectivity index (χ1n) is 4.33. The van der Waals surface area contributed by atoms with Gasteiger partial charge in [-0.05, 0) is 13.6 Å². The van der Waals surface area contributed by atoms with Crippen LogP contribution in [-0.2, 0) is 0 Å². The van der Waals surface area contributed by atoms with Gasteiger partial charge < -0.3 is 0 Å². The number of terminal acetylenes is 1. The van der Waals surface area contributed by atoms with Crippen LogP contribution in [-0.4, -0.2) is 54.8 Å². The molecule has 0 aromatic heterocycles. The van der Waals surface area contributed by atoms with Crippen molar-refractivity contribution in [3.8, 4) is 12.3 Å². The predicted octanol–water partition coefficient (Wildman–Crippen LogP) is 0.0614. The van der Waals surface area contributed by atoms with Crippen molar-refractivity contribution in [3.63, 3.8) is 0 Å². The Morgan fingerprint density at radius 2 is 1.92 bits per heavy atom. The van der Waals surface area contributed by atoms with E-state index in [0.717, 1.165) is 33.1 Å². The predicted molar refractivity (Wildman–Crippen MR) is 50.3 cm³/mol. The average molecular weight is 167 g/mol. The summed E-state index contributed by atoms with van der Waals surface area (Å²) in [6.45, 7) is 7.06. The van der Waals surface area contributed by atoms with Crippen LogP contribution < -0.4 is 0 Å². The summed E-state index contributed by atoms with van der Waals surface area (Å²) in [5.41, 5.74) is 0. The molecule has 1 aliphatic rings. The van der Waals surface area contributed by atoms with Crippen LogP contribution in [0.25, 0.3) is 0 Å². The van der Waals surface area contributed by atoms with Gasteiger partial charge in [0, 0.05) is 0 Å². The molecule has 1 aliphatic heterocycles. The molecule has 3 heteroatoms. The van der Waals surface area contributed by atoms with Crippen LogP contribution in [0.15, 0.2) is 0 Å². The lowest BCUT2D eigenvalue weighted by atomic mass is 10.4. The van der Waals surface area contributed by atoms with Gasteiger partial charge in [0.15, 0.2) is 0 Å². The Hall–Kier alpha value is -0.560. The van der Waals surface area contributed by atoms with Crippen molar-refractivity contribution in [2.24, 2.45) is 0 Å². The molecule has 1 fully saturated rings. The van der Waals surface area contributed by atoms with Gasteiger partial charge in [-0.25, -0.2) is 0 Å². The molecule has 0 aromatic rings. The standard InChI is InChI=1S/C9H17N3/c1-4-6-12-8-10(3)7-11(5-2)9-12/h1H,5-9H2,2-3H3. The van der Waals surface area contributed by atoms with Gasteiger partial charge in [-0.15, -0.1) is 6.42 Å². The Labute approximate surface area is 74.9 Å². The summed E-state index contributed by atoms with van der Waals surface area (Å²) in [7, 11) is 2.12. The fourth-order valence-electron chi connectivity index (χ4n) is 1.53. The van der Waals surface area contributed by atoms with Gasteiger partial charge in [0.2, 0.25) is 0 Å². The fraction of sp³-hybridized carbons (Fsp3) is 0.778. The van der Waals surface area contributed by atoms with Gasteiger partial charge in [-0.2, -0.15) is 0 Å².